The Balaban J connectivity index is 2.48. The molecule has 0 aliphatic heterocycles. The third-order valence-corrected chi connectivity index (χ3v) is 4.51. The Kier molecular flexibility index (Phi) is 5.95. The first kappa shape index (κ1) is 22.5. The van der Waals surface area contributed by atoms with E-state index >= 15 is 0 Å². The van der Waals surface area contributed by atoms with Crippen molar-refractivity contribution in [3.63, 3.8) is 0 Å². The highest BCUT2D eigenvalue weighted by Gasteiger charge is 2.41. The molecule has 0 saturated carbocycles. The molecule has 11 heteroatoms. The number of aromatic nitrogens is 2. The van der Waals surface area contributed by atoms with Gasteiger partial charge in [0.1, 0.15) is 5.69 Å². The molecule has 0 fully saturated rings. The van der Waals surface area contributed by atoms with E-state index in [1.54, 1.807) is 30.3 Å². The van der Waals surface area contributed by atoms with Crippen molar-refractivity contribution in [3.8, 4) is 22.4 Å². The van der Waals surface area contributed by atoms with Crippen LogP contribution in [-0.2, 0) is 12.4 Å². The number of carbonyl (C=O) groups excluding carboxylic acids is 1. The van der Waals surface area contributed by atoms with E-state index < -0.39 is 46.2 Å². The number of amides is 1. The lowest BCUT2D eigenvalue weighted by Crippen LogP contribution is -2.23. The number of hydrogen-bond acceptors (Lipinski definition) is 3. The third kappa shape index (κ3) is 4.63. The Morgan fingerprint density at radius 1 is 0.935 bits per heavy atom. The predicted octanol–water partition coefficient (Wildman–Crippen LogP) is 5.86. The van der Waals surface area contributed by atoms with Crippen LogP contribution in [0.1, 0.15) is 21.5 Å². The van der Waals surface area contributed by atoms with Gasteiger partial charge < -0.3 is 5.32 Å². The Labute approximate surface area is 176 Å². The summed E-state index contributed by atoms with van der Waals surface area (Å²) in [5.41, 5.74) is -4.96. The fourth-order valence-corrected chi connectivity index (χ4v) is 3.14. The van der Waals surface area contributed by atoms with Crippen molar-refractivity contribution in [2.45, 2.75) is 12.4 Å². The first-order valence-corrected chi connectivity index (χ1v) is 8.94. The highest BCUT2D eigenvalue weighted by molar-refractivity contribution is 6.29. The monoisotopic (exact) mass is 459 g/mol. The van der Waals surface area contributed by atoms with Gasteiger partial charge in [-0.25, -0.2) is 0 Å². The molecule has 1 amide bonds. The van der Waals surface area contributed by atoms with Gasteiger partial charge in [-0.2, -0.15) is 26.3 Å². The van der Waals surface area contributed by atoms with Gasteiger partial charge in [0.25, 0.3) is 5.91 Å². The molecule has 0 aliphatic rings. The maximum absolute atomic E-state index is 13.9. The van der Waals surface area contributed by atoms with E-state index in [9.17, 15) is 31.1 Å². The molecule has 0 unspecified atom stereocenters. The molecule has 1 aromatic heterocycles. The van der Waals surface area contributed by atoms with Gasteiger partial charge in [0.15, 0.2) is 5.15 Å². The summed E-state index contributed by atoms with van der Waals surface area (Å²) in [7, 11) is 1.09. The number of halogens is 7. The van der Waals surface area contributed by atoms with Gasteiger partial charge >= 0.3 is 12.4 Å². The topological polar surface area (TPSA) is 54.9 Å². The number of carbonyl (C=O) groups is 1. The van der Waals surface area contributed by atoms with Gasteiger partial charge in [0.05, 0.1) is 11.1 Å². The second-order valence-electron chi connectivity index (χ2n) is 6.32. The zero-order valence-electron chi connectivity index (χ0n) is 15.6. The van der Waals surface area contributed by atoms with Crippen LogP contribution in [0.15, 0.2) is 48.5 Å². The number of rotatable bonds is 3. The SMILES string of the molecule is CNC(=O)c1cc(C(F)(F)F)cc(C(F)(F)F)c1-c1nnc(Cl)cc1-c1ccccc1. The van der Waals surface area contributed by atoms with Gasteiger partial charge in [-0.05, 0) is 23.8 Å². The molecule has 2 aromatic carbocycles. The molecule has 0 aliphatic carbocycles. The van der Waals surface area contributed by atoms with Crippen LogP contribution in [0.25, 0.3) is 22.4 Å². The molecule has 4 nitrogen and oxygen atoms in total. The minimum Gasteiger partial charge on any atom is -0.355 e. The largest absolute Gasteiger partial charge is 0.417 e. The fourth-order valence-electron chi connectivity index (χ4n) is 2.99. The van der Waals surface area contributed by atoms with Crippen LogP contribution in [0.4, 0.5) is 26.3 Å². The lowest BCUT2D eigenvalue weighted by Gasteiger charge is -2.20. The van der Waals surface area contributed by atoms with Crippen molar-refractivity contribution in [3.05, 3.63) is 70.4 Å². The number of nitrogens with zero attached hydrogens (tertiary/aromatic N) is 2. The summed E-state index contributed by atoms with van der Waals surface area (Å²) in [5, 5.41) is 9.20. The molecule has 0 atom stereocenters. The second-order valence-corrected chi connectivity index (χ2v) is 6.70. The normalized spacial score (nSPS) is 12.0. The molecule has 31 heavy (non-hydrogen) atoms. The average Bonchev–Trinajstić information content (AvgIpc) is 2.71. The van der Waals surface area contributed by atoms with E-state index in [1.165, 1.54) is 6.07 Å². The molecule has 1 N–H and O–H groups in total. The van der Waals surface area contributed by atoms with Crippen LogP contribution in [-0.4, -0.2) is 23.2 Å². The summed E-state index contributed by atoms with van der Waals surface area (Å²) in [6, 6.07) is 9.50. The van der Waals surface area contributed by atoms with E-state index in [1.807, 2.05) is 0 Å². The second kappa shape index (κ2) is 8.18. The molecule has 3 aromatic rings. The zero-order chi connectivity index (χ0) is 23.0. The van der Waals surface area contributed by atoms with E-state index in [0.29, 0.717) is 11.6 Å². The van der Waals surface area contributed by atoms with Crippen molar-refractivity contribution in [2.75, 3.05) is 7.05 Å². The Morgan fingerprint density at radius 2 is 1.58 bits per heavy atom. The molecule has 162 valence electrons. The van der Waals surface area contributed by atoms with Crippen molar-refractivity contribution in [1.82, 2.24) is 15.5 Å². The highest BCUT2D eigenvalue weighted by Crippen LogP contribution is 2.44. The van der Waals surface area contributed by atoms with E-state index in [2.05, 4.69) is 15.5 Å². The maximum atomic E-state index is 13.9. The van der Waals surface area contributed by atoms with Gasteiger partial charge in [-0.1, -0.05) is 41.9 Å². The summed E-state index contributed by atoms with van der Waals surface area (Å²) < 4.78 is 81.5. The molecule has 3 rings (SSSR count). The first-order valence-electron chi connectivity index (χ1n) is 8.57. The minimum atomic E-state index is -5.23. The van der Waals surface area contributed by atoms with Crippen LogP contribution in [0, 0.1) is 0 Å². The van der Waals surface area contributed by atoms with Crippen molar-refractivity contribution in [2.24, 2.45) is 0 Å². The van der Waals surface area contributed by atoms with Crippen LogP contribution >= 0.6 is 11.6 Å². The third-order valence-electron chi connectivity index (χ3n) is 4.33. The lowest BCUT2D eigenvalue weighted by molar-refractivity contribution is -0.142. The van der Waals surface area contributed by atoms with Crippen LogP contribution < -0.4 is 5.32 Å². The quantitative estimate of drug-likeness (QED) is 0.499. The molecular formula is C20H12ClF6N3O. The van der Waals surface area contributed by atoms with Crippen LogP contribution in [0.3, 0.4) is 0 Å². The number of alkyl halides is 6. The standard InChI is InChI=1S/C20H12ClF6N3O/c1-28-18(31)13-7-11(19(22,23)24)8-14(20(25,26)27)16(13)17-12(9-15(21)29-30-17)10-5-3-2-4-6-10/h2-9H,1H3,(H,28,31). The molecule has 1 heterocycles. The average molecular weight is 460 g/mol. The van der Waals surface area contributed by atoms with E-state index in [4.69, 9.17) is 11.6 Å². The van der Waals surface area contributed by atoms with Crippen molar-refractivity contribution in [1.29, 1.82) is 0 Å². The molecule has 0 bridgehead atoms. The Morgan fingerprint density at radius 3 is 2.13 bits per heavy atom. The molecular weight excluding hydrogens is 448 g/mol. The highest BCUT2D eigenvalue weighted by atomic mass is 35.5. The smallest absolute Gasteiger partial charge is 0.355 e. The van der Waals surface area contributed by atoms with Crippen LogP contribution in [0.5, 0.6) is 0 Å². The zero-order valence-corrected chi connectivity index (χ0v) is 16.3. The van der Waals surface area contributed by atoms with Gasteiger partial charge in [0.2, 0.25) is 0 Å². The van der Waals surface area contributed by atoms with Crippen LogP contribution in [0.2, 0.25) is 5.15 Å². The van der Waals surface area contributed by atoms with Gasteiger partial charge in [0, 0.05) is 23.7 Å². The Hall–Kier alpha value is -3.14. The van der Waals surface area contributed by atoms with Crippen molar-refractivity contribution >= 4 is 17.5 Å². The van der Waals surface area contributed by atoms with E-state index in [0.717, 1.165) is 7.05 Å². The number of hydrogen-bond donors (Lipinski definition) is 1. The van der Waals surface area contributed by atoms with Gasteiger partial charge in [-0.15, -0.1) is 10.2 Å². The fraction of sp³-hybridized carbons (Fsp3) is 0.150. The van der Waals surface area contributed by atoms with Crippen molar-refractivity contribution < 1.29 is 31.1 Å². The molecule has 0 saturated heterocycles. The number of benzene rings is 2. The molecule has 0 radical (unpaired) electrons. The summed E-state index contributed by atoms with van der Waals surface area (Å²) >= 11 is 5.87. The van der Waals surface area contributed by atoms with Gasteiger partial charge in [-0.3, -0.25) is 4.79 Å². The summed E-state index contributed by atoms with van der Waals surface area (Å²) in [6.07, 6.45) is -10.3. The van der Waals surface area contributed by atoms with E-state index in [-0.39, 0.29) is 16.8 Å². The Bertz CT molecular complexity index is 1130. The predicted molar refractivity (Wildman–Crippen MR) is 101 cm³/mol. The summed E-state index contributed by atoms with van der Waals surface area (Å²) in [6.45, 7) is 0. The maximum Gasteiger partial charge on any atom is 0.417 e. The number of nitrogens with one attached hydrogen (secondary N) is 1. The summed E-state index contributed by atoms with van der Waals surface area (Å²) in [4.78, 5) is 12.4. The molecule has 0 spiro atoms. The lowest BCUT2D eigenvalue weighted by atomic mass is 9.90. The minimum absolute atomic E-state index is 0.0488. The first-order chi connectivity index (χ1) is 14.4. The summed E-state index contributed by atoms with van der Waals surface area (Å²) in [5.74, 6) is -1.15.